The molecule has 180 valence electrons. The number of benzene rings is 1. The van der Waals surface area contributed by atoms with Crippen molar-refractivity contribution in [2.45, 2.75) is 33.2 Å². The van der Waals surface area contributed by atoms with Crippen LogP contribution in [0.15, 0.2) is 41.4 Å². The number of nitrogens with one attached hydrogen (secondary N) is 2. The van der Waals surface area contributed by atoms with Crippen molar-refractivity contribution in [1.82, 2.24) is 15.5 Å². The lowest BCUT2D eigenvalue weighted by Gasteiger charge is -2.19. The second-order valence-electron chi connectivity index (χ2n) is 9.32. The molecule has 1 aromatic carbocycles. The largest absolute Gasteiger partial charge is 0.493 e. The minimum absolute atomic E-state index is 0. The number of hydrogen-bond donors (Lipinski definition) is 2. The summed E-state index contributed by atoms with van der Waals surface area (Å²) in [6, 6.07) is 7.99. The topological polar surface area (TPSA) is 83.0 Å². The molecule has 1 aromatic rings. The third-order valence-electron chi connectivity index (χ3n) is 6.78. The smallest absolute Gasteiger partial charge is 0.233 e. The summed E-state index contributed by atoms with van der Waals surface area (Å²) in [5.41, 5.74) is 1.06. The van der Waals surface area contributed by atoms with E-state index in [1.165, 1.54) is 4.90 Å². The number of ether oxygens (including phenoxy) is 1. The standard InChI is InChI=1S/C25H34N4O3.HI/c1-16(2)10-13-32-20-7-5-4-6-19(20)15-28-25(26-3)27-11-12-29-23(30)21-17-8-9-18(14-17)22(21)24(29)31;/h4-9,16-18,21-22H,10-15H2,1-3H3,(H2,26,27,28);1H. The molecule has 7 nitrogen and oxygen atoms in total. The number of halogens is 1. The van der Waals surface area contributed by atoms with E-state index in [0.29, 0.717) is 38.1 Å². The van der Waals surface area contributed by atoms with Gasteiger partial charge < -0.3 is 15.4 Å². The van der Waals surface area contributed by atoms with Crippen LogP contribution in [0.4, 0.5) is 0 Å². The molecule has 1 saturated carbocycles. The van der Waals surface area contributed by atoms with Crippen LogP contribution in [0.3, 0.4) is 0 Å². The number of aliphatic imine (C=N–C) groups is 1. The van der Waals surface area contributed by atoms with Gasteiger partial charge in [-0.3, -0.25) is 19.5 Å². The predicted octanol–water partition coefficient (Wildman–Crippen LogP) is 3.20. The van der Waals surface area contributed by atoms with Crippen LogP contribution in [0.2, 0.25) is 0 Å². The van der Waals surface area contributed by atoms with Crippen molar-refractivity contribution in [2.75, 3.05) is 26.7 Å². The minimum atomic E-state index is -0.137. The Labute approximate surface area is 213 Å². The Kier molecular flexibility index (Phi) is 8.78. The molecule has 4 rings (SSSR count). The van der Waals surface area contributed by atoms with Crippen LogP contribution in [0.25, 0.3) is 0 Å². The summed E-state index contributed by atoms with van der Waals surface area (Å²) >= 11 is 0. The zero-order chi connectivity index (χ0) is 22.7. The Hall–Kier alpha value is -2.10. The minimum Gasteiger partial charge on any atom is -0.493 e. The molecule has 3 aliphatic rings. The number of imide groups is 1. The van der Waals surface area contributed by atoms with Gasteiger partial charge in [-0.05, 0) is 36.7 Å². The molecule has 0 aromatic heterocycles. The molecule has 4 atom stereocenters. The van der Waals surface area contributed by atoms with Gasteiger partial charge in [0.25, 0.3) is 0 Å². The molecule has 4 unspecified atom stereocenters. The first-order chi connectivity index (χ1) is 15.5. The van der Waals surface area contributed by atoms with Crippen LogP contribution in [0.1, 0.15) is 32.3 Å². The molecule has 33 heavy (non-hydrogen) atoms. The Morgan fingerprint density at radius 1 is 1.12 bits per heavy atom. The van der Waals surface area contributed by atoms with Crippen molar-refractivity contribution >= 4 is 41.8 Å². The van der Waals surface area contributed by atoms with E-state index in [2.05, 4.69) is 41.6 Å². The normalized spacial score (nSPS) is 25.5. The number of hydrogen-bond acceptors (Lipinski definition) is 4. The number of fused-ring (bicyclic) bond motifs is 5. The third kappa shape index (κ3) is 5.53. The summed E-state index contributed by atoms with van der Waals surface area (Å²) < 4.78 is 5.96. The Bertz CT molecular complexity index is 887. The van der Waals surface area contributed by atoms with Gasteiger partial charge in [0.1, 0.15) is 5.75 Å². The van der Waals surface area contributed by atoms with Gasteiger partial charge in [0.2, 0.25) is 11.8 Å². The van der Waals surface area contributed by atoms with Crippen LogP contribution in [0, 0.1) is 29.6 Å². The fourth-order valence-corrected chi connectivity index (χ4v) is 5.07. The molecule has 1 aliphatic heterocycles. The Balaban J connectivity index is 0.00000306. The van der Waals surface area contributed by atoms with Gasteiger partial charge in [0.05, 0.1) is 18.4 Å². The summed E-state index contributed by atoms with van der Waals surface area (Å²) in [7, 11) is 1.71. The van der Waals surface area contributed by atoms with Crippen LogP contribution in [0.5, 0.6) is 5.75 Å². The maximum absolute atomic E-state index is 12.8. The predicted molar refractivity (Wildman–Crippen MR) is 139 cm³/mol. The van der Waals surface area contributed by atoms with Gasteiger partial charge in [-0.1, -0.05) is 44.2 Å². The average Bonchev–Trinajstić information content (AvgIpc) is 3.46. The van der Waals surface area contributed by atoms with E-state index < -0.39 is 0 Å². The number of para-hydroxylation sites is 1. The zero-order valence-electron chi connectivity index (χ0n) is 19.6. The van der Waals surface area contributed by atoms with Crippen molar-refractivity contribution in [2.24, 2.45) is 34.6 Å². The van der Waals surface area contributed by atoms with Gasteiger partial charge in [0.15, 0.2) is 5.96 Å². The van der Waals surface area contributed by atoms with Crippen LogP contribution < -0.4 is 15.4 Å². The maximum Gasteiger partial charge on any atom is 0.233 e. The van der Waals surface area contributed by atoms with Crippen molar-refractivity contribution in [3.63, 3.8) is 0 Å². The Morgan fingerprint density at radius 3 is 2.42 bits per heavy atom. The molecule has 2 N–H and O–H groups in total. The second-order valence-corrected chi connectivity index (χ2v) is 9.32. The monoisotopic (exact) mass is 566 g/mol. The van der Waals surface area contributed by atoms with Gasteiger partial charge >= 0.3 is 0 Å². The number of guanidine groups is 1. The van der Waals surface area contributed by atoms with Crippen molar-refractivity contribution in [3.05, 3.63) is 42.0 Å². The SMILES string of the molecule is CN=C(NCCN1C(=O)C2C3C=CC(C3)C2C1=O)NCc1ccccc1OCCC(C)C.I. The molecule has 0 spiro atoms. The number of likely N-dealkylation sites (tertiary alicyclic amines) is 1. The fourth-order valence-electron chi connectivity index (χ4n) is 5.07. The number of carbonyl (C=O) groups is 2. The van der Waals surface area contributed by atoms with Gasteiger partial charge in [0, 0.05) is 32.2 Å². The number of allylic oxidation sites excluding steroid dienone is 2. The van der Waals surface area contributed by atoms with E-state index in [1.807, 2.05) is 24.3 Å². The fraction of sp³-hybridized carbons (Fsp3) is 0.560. The lowest BCUT2D eigenvalue weighted by atomic mass is 9.85. The van der Waals surface area contributed by atoms with Crippen LogP contribution >= 0.6 is 24.0 Å². The highest BCUT2D eigenvalue weighted by Gasteiger charge is 2.58. The van der Waals surface area contributed by atoms with E-state index in [9.17, 15) is 9.59 Å². The molecule has 0 radical (unpaired) electrons. The highest BCUT2D eigenvalue weighted by molar-refractivity contribution is 14.0. The Morgan fingerprint density at radius 2 is 1.79 bits per heavy atom. The highest BCUT2D eigenvalue weighted by atomic mass is 127. The molecule has 2 amide bonds. The van der Waals surface area contributed by atoms with E-state index in [4.69, 9.17) is 4.74 Å². The van der Waals surface area contributed by atoms with Gasteiger partial charge in [-0.2, -0.15) is 0 Å². The van der Waals surface area contributed by atoms with Crippen LogP contribution in [-0.4, -0.2) is 49.4 Å². The van der Waals surface area contributed by atoms with E-state index in [1.54, 1.807) is 7.05 Å². The summed E-state index contributed by atoms with van der Waals surface area (Å²) in [6.45, 7) is 6.45. The highest BCUT2D eigenvalue weighted by Crippen LogP contribution is 2.52. The summed E-state index contributed by atoms with van der Waals surface area (Å²) in [6.07, 6.45) is 6.21. The average molecular weight is 566 g/mol. The maximum atomic E-state index is 12.8. The first-order valence-corrected chi connectivity index (χ1v) is 11.7. The van der Waals surface area contributed by atoms with E-state index >= 15 is 0 Å². The molecule has 1 heterocycles. The van der Waals surface area contributed by atoms with Crippen molar-refractivity contribution in [1.29, 1.82) is 0 Å². The number of carbonyl (C=O) groups excluding carboxylic acids is 2. The van der Waals surface area contributed by atoms with Gasteiger partial charge in [-0.15, -0.1) is 24.0 Å². The lowest BCUT2D eigenvalue weighted by molar-refractivity contribution is -0.140. The number of nitrogens with zero attached hydrogens (tertiary/aromatic N) is 2. The molecular weight excluding hydrogens is 531 g/mol. The summed E-state index contributed by atoms with van der Waals surface area (Å²) in [5.74, 6) is 2.31. The first-order valence-electron chi connectivity index (χ1n) is 11.7. The quantitative estimate of drug-likeness (QED) is 0.158. The van der Waals surface area contributed by atoms with Gasteiger partial charge in [-0.25, -0.2) is 0 Å². The van der Waals surface area contributed by atoms with Crippen molar-refractivity contribution < 1.29 is 14.3 Å². The summed E-state index contributed by atoms with van der Waals surface area (Å²) in [4.78, 5) is 31.3. The van der Waals surface area contributed by atoms with E-state index in [-0.39, 0.29) is 59.5 Å². The first kappa shape index (κ1) is 25.5. The molecular formula is C25H35IN4O3. The number of rotatable bonds is 9. The number of amides is 2. The zero-order valence-corrected chi connectivity index (χ0v) is 22.0. The van der Waals surface area contributed by atoms with E-state index in [0.717, 1.165) is 24.2 Å². The second kappa shape index (κ2) is 11.4. The molecule has 1 saturated heterocycles. The summed E-state index contributed by atoms with van der Waals surface area (Å²) in [5, 5.41) is 6.52. The third-order valence-corrected chi connectivity index (χ3v) is 6.78. The lowest BCUT2D eigenvalue weighted by Crippen LogP contribution is -2.43. The van der Waals surface area contributed by atoms with Crippen molar-refractivity contribution in [3.8, 4) is 5.75 Å². The molecule has 8 heteroatoms. The molecule has 2 aliphatic carbocycles. The molecule has 2 bridgehead atoms. The molecule has 2 fully saturated rings. The van der Waals surface area contributed by atoms with Crippen LogP contribution in [-0.2, 0) is 16.1 Å².